The molecular weight excluding hydrogens is 296 g/mol. The van der Waals surface area contributed by atoms with E-state index >= 15 is 0 Å². The van der Waals surface area contributed by atoms with Crippen molar-refractivity contribution in [3.63, 3.8) is 0 Å². The van der Waals surface area contributed by atoms with Gasteiger partial charge in [-0.15, -0.1) is 0 Å². The largest absolute Gasteiger partial charge is 0.494 e. The van der Waals surface area contributed by atoms with Gasteiger partial charge in [-0.1, -0.05) is 18.9 Å². The zero-order chi connectivity index (χ0) is 16.4. The quantitative estimate of drug-likeness (QED) is 0.848. The number of nitrogens with one attached hydrogen (secondary N) is 1. The van der Waals surface area contributed by atoms with Crippen molar-refractivity contribution in [2.75, 3.05) is 11.9 Å². The first kappa shape index (κ1) is 15.3. The van der Waals surface area contributed by atoms with Crippen molar-refractivity contribution in [2.24, 2.45) is 0 Å². The molecule has 3 nitrogen and oxygen atoms in total. The van der Waals surface area contributed by atoms with E-state index in [1.54, 1.807) is 0 Å². The number of aromatic nitrogens is 1. The van der Waals surface area contributed by atoms with Gasteiger partial charge in [-0.05, 0) is 60.7 Å². The smallest absolute Gasteiger partial charge is 0.121 e. The predicted molar refractivity (Wildman–Crippen MR) is 99.3 cm³/mol. The lowest BCUT2D eigenvalue weighted by Crippen LogP contribution is -2.16. The molecule has 1 aromatic carbocycles. The normalized spacial score (nSPS) is 16.8. The number of hydrogen-bond donors (Lipinski definition) is 1. The minimum Gasteiger partial charge on any atom is -0.494 e. The average molecular weight is 320 g/mol. The van der Waals surface area contributed by atoms with E-state index in [1.807, 2.05) is 19.2 Å². The highest BCUT2D eigenvalue weighted by atomic mass is 16.5. The van der Waals surface area contributed by atoms with E-state index in [-0.39, 0.29) is 0 Å². The second-order valence-corrected chi connectivity index (χ2v) is 6.66. The van der Waals surface area contributed by atoms with Gasteiger partial charge in [0.15, 0.2) is 0 Å². The molecule has 1 saturated carbocycles. The summed E-state index contributed by atoms with van der Waals surface area (Å²) in [5.74, 6) is 0.954. The number of allylic oxidation sites excluding steroid dienone is 1. The van der Waals surface area contributed by atoms with Crippen molar-refractivity contribution in [1.29, 1.82) is 0 Å². The summed E-state index contributed by atoms with van der Waals surface area (Å²) in [6.45, 7) is 2.73. The second kappa shape index (κ2) is 6.68. The van der Waals surface area contributed by atoms with Gasteiger partial charge in [-0.2, -0.15) is 0 Å². The van der Waals surface area contributed by atoms with Crippen molar-refractivity contribution in [1.82, 2.24) is 4.98 Å². The number of fused-ring (bicyclic) bond motifs is 1. The number of anilines is 1. The highest BCUT2D eigenvalue weighted by Crippen LogP contribution is 2.39. The molecule has 2 aromatic rings. The van der Waals surface area contributed by atoms with E-state index in [9.17, 15) is 0 Å². The van der Waals surface area contributed by atoms with Crippen LogP contribution in [0.5, 0.6) is 5.75 Å². The minimum atomic E-state index is 0.602. The summed E-state index contributed by atoms with van der Waals surface area (Å²) < 4.78 is 5.79. The number of pyridine rings is 1. The highest BCUT2D eigenvalue weighted by molar-refractivity contribution is 5.90. The van der Waals surface area contributed by atoms with Crippen LogP contribution in [-0.4, -0.2) is 17.6 Å². The molecule has 0 spiro atoms. The summed E-state index contributed by atoms with van der Waals surface area (Å²) >= 11 is 0. The molecule has 0 unspecified atom stereocenters. The minimum absolute atomic E-state index is 0.602. The van der Waals surface area contributed by atoms with Gasteiger partial charge in [0.2, 0.25) is 0 Å². The molecule has 2 aliphatic carbocycles. The van der Waals surface area contributed by atoms with E-state index < -0.39 is 0 Å². The van der Waals surface area contributed by atoms with E-state index in [1.165, 1.54) is 48.1 Å². The molecule has 0 bridgehead atoms. The molecule has 124 valence electrons. The van der Waals surface area contributed by atoms with Gasteiger partial charge in [-0.25, -0.2) is 0 Å². The average Bonchev–Trinajstić information content (AvgIpc) is 3.25. The van der Waals surface area contributed by atoms with Gasteiger partial charge < -0.3 is 10.1 Å². The Balaban J connectivity index is 1.67. The number of nitrogens with zero attached hydrogens (tertiary/aromatic N) is 1. The van der Waals surface area contributed by atoms with E-state index in [0.29, 0.717) is 12.6 Å². The van der Waals surface area contributed by atoms with Gasteiger partial charge in [0.1, 0.15) is 5.75 Å². The van der Waals surface area contributed by atoms with E-state index in [0.717, 1.165) is 17.9 Å². The van der Waals surface area contributed by atoms with Crippen LogP contribution in [0, 0.1) is 0 Å². The standard InChI is InChI=1S/C21H24N2O/c1-2-24-18-12-15-11-16(20-9-5-6-10-22-20)13-19(15)21(14-18)23-17-7-3-4-8-17/h5-6,9-12,14,17,23H,2-4,7-8,13H2,1H3. The zero-order valence-electron chi connectivity index (χ0n) is 14.2. The molecule has 0 atom stereocenters. The Morgan fingerprint density at radius 2 is 2.08 bits per heavy atom. The number of benzene rings is 1. The van der Waals surface area contributed by atoms with Crippen LogP contribution in [0.1, 0.15) is 49.4 Å². The van der Waals surface area contributed by atoms with Crippen molar-refractivity contribution < 1.29 is 4.74 Å². The summed E-state index contributed by atoms with van der Waals surface area (Å²) in [6, 6.07) is 11.0. The molecule has 24 heavy (non-hydrogen) atoms. The Morgan fingerprint density at radius 3 is 2.83 bits per heavy atom. The maximum Gasteiger partial charge on any atom is 0.121 e. The fourth-order valence-corrected chi connectivity index (χ4v) is 3.81. The molecular formula is C21H24N2O. The topological polar surface area (TPSA) is 34.1 Å². The van der Waals surface area contributed by atoms with Crippen LogP contribution >= 0.6 is 0 Å². The third-order valence-corrected chi connectivity index (χ3v) is 4.97. The first-order valence-electron chi connectivity index (χ1n) is 9.01. The lowest BCUT2D eigenvalue weighted by Gasteiger charge is -2.18. The Labute approximate surface area is 143 Å². The molecule has 2 aliphatic rings. The SMILES string of the molecule is CCOc1cc2c(c(NC3CCCC3)c1)CC(c1ccccn1)=C2. The molecule has 3 heteroatoms. The van der Waals surface area contributed by atoms with Gasteiger partial charge >= 0.3 is 0 Å². The Bertz CT molecular complexity index is 746. The summed E-state index contributed by atoms with van der Waals surface area (Å²) in [6.07, 6.45) is 10.3. The molecule has 1 aromatic heterocycles. The Hall–Kier alpha value is -2.29. The third-order valence-electron chi connectivity index (χ3n) is 4.97. The monoisotopic (exact) mass is 320 g/mol. The lowest BCUT2D eigenvalue weighted by molar-refractivity contribution is 0.340. The summed E-state index contributed by atoms with van der Waals surface area (Å²) in [4.78, 5) is 4.52. The Morgan fingerprint density at radius 1 is 1.21 bits per heavy atom. The van der Waals surface area contributed by atoms with Crippen molar-refractivity contribution in [3.05, 3.63) is 53.3 Å². The molecule has 4 rings (SSSR count). The summed E-state index contributed by atoms with van der Waals surface area (Å²) in [7, 11) is 0. The van der Waals surface area contributed by atoms with Crippen molar-refractivity contribution >= 4 is 17.3 Å². The fraction of sp³-hybridized carbons (Fsp3) is 0.381. The zero-order valence-corrected chi connectivity index (χ0v) is 14.2. The summed E-state index contributed by atoms with van der Waals surface area (Å²) in [5, 5.41) is 3.78. The van der Waals surface area contributed by atoms with E-state index in [2.05, 4.69) is 40.6 Å². The molecule has 0 radical (unpaired) electrons. The maximum atomic E-state index is 5.79. The molecule has 0 amide bonds. The predicted octanol–water partition coefficient (Wildman–Crippen LogP) is 4.93. The number of ether oxygens (including phenoxy) is 1. The van der Waals surface area contributed by atoms with Crippen LogP contribution in [0.15, 0.2) is 36.5 Å². The first-order valence-corrected chi connectivity index (χ1v) is 9.01. The van der Waals surface area contributed by atoms with E-state index in [4.69, 9.17) is 4.74 Å². The molecule has 0 aliphatic heterocycles. The highest BCUT2D eigenvalue weighted by Gasteiger charge is 2.22. The van der Waals surface area contributed by atoms with Gasteiger partial charge in [0, 0.05) is 30.4 Å². The van der Waals surface area contributed by atoms with Gasteiger partial charge in [-0.3, -0.25) is 4.98 Å². The molecule has 1 N–H and O–H groups in total. The number of hydrogen-bond acceptors (Lipinski definition) is 3. The second-order valence-electron chi connectivity index (χ2n) is 6.66. The fourth-order valence-electron chi connectivity index (χ4n) is 3.81. The third kappa shape index (κ3) is 3.03. The molecule has 1 heterocycles. The van der Waals surface area contributed by atoms with Crippen LogP contribution in [0.4, 0.5) is 5.69 Å². The van der Waals surface area contributed by atoms with Crippen LogP contribution in [0.2, 0.25) is 0 Å². The number of rotatable bonds is 5. The Kier molecular flexibility index (Phi) is 4.24. The summed E-state index contributed by atoms with van der Waals surface area (Å²) in [5.41, 5.74) is 6.24. The van der Waals surface area contributed by atoms with Gasteiger partial charge in [0.25, 0.3) is 0 Å². The van der Waals surface area contributed by atoms with Crippen molar-refractivity contribution in [3.8, 4) is 5.75 Å². The van der Waals surface area contributed by atoms with Crippen LogP contribution < -0.4 is 10.1 Å². The molecule has 1 fully saturated rings. The van der Waals surface area contributed by atoms with Crippen molar-refractivity contribution in [2.45, 2.75) is 45.1 Å². The van der Waals surface area contributed by atoms with Crippen LogP contribution in [0.25, 0.3) is 11.6 Å². The van der Waals surface area contributed by atoms with Crippen LogP contribution in [0.3, 0.4) is 0 Å². The van der Waals surface area contributed by atoms with Crippen LogP contribution in [-0.2, 0) is 6.42 Å². The first-order chi connectivity index (χ1) is 11.8. The molecule has 0 saturated heterocycles. The maximum absolute atomic E-state index is 5.79. The van der Waals surface area contributed by atoms with Gasteiger partial charge in [0.05, 0.1) is 12.3 Å². The lowest BCUT2D eigenvalue weighted by atomic mass is 10.0.